The lowest BCUT2D eigenvalue weighted by Crippen LogP contribution is -2.17. The van der Waals surface area contributed by atoms with Crippen molar-refractivity contribution in [1.82, 2.24) is 0 Å². The summed E-state index contributed by atoms with van der Waals surface area (Å²) in [4.78, 5) is 0. The summed E-state index contributed by atoms with van der Waals surface area (Å²) in [5, 5.41) is 0.748. The molecule has 5 heteroatoms. The maximum absolute atomic E-state index is 12.6. The maximum atomic E-state index is 12.6. The monoisotopic (exact) mass is 346 g/mol. The van der Waals surface area contributed by atoms with Crippen molar-refractivity contribution in [2.75, 3.05) is 5.88 Å². The van der Waals surface area contributed by atoms with Crippen LogP contribution in [0.15, 0.2) is 36.4 Å². The van der Waals surface area contributed by atoms with E-state index in [0.717, 1.165) is 48.0 Å². The van der Waals surface area contributed by atoms with Crippen molar-refractivity contribution in [1.29, 1.82) is 0 Å². The zero-order valence-corrected chi connectivity index (χ0v) is 14.4. The molecule has 0 fully saturated rings. The minimum absolute atomic E-state index is 0.355. The number of unbranched alkanes of at least 4 members (excludes halogenated alkanes) is 4. The molecule has 0 saturated carbocycles. The van der Waals surface area contributed by atoms with Crippen molar-refractivity contribution < 1.29 is 13.2 Å². The van der Waals surface area contributed by atoms with Crippen LogP contribution in [0.4, 0.5) is 13.2 Å². The summed E-state index contributed by atoms with van der Waals surface area (Å²) in [6.07, 6.45) is 2.40. The summed E-state index contributed by atoms with van der Waals surface area (Å²) in [5.41, 5.74) is 0.565. The van der Waals surface area contributed by atoms with E-state index < -0.39 is 11.7 Å². The predicted octanol–water partition coefficient (Wildman–Crippen LogP) is 5.59. The van der Waals surface area contributed by atoms with Crippen LogP contribution in [0.3, 0.4) is 0 Å². The van der Waals surface area contributed by atoms with Gasteiger partial charge in [-0.15, -0.1) is 18.2 Å². The van der Waals surface area contributed by atoms with Gasteiger partial charge in [0.25, 0.3) is 0 Å². The fourth-order valence-corrected chi connectivity index (χ4v) is 3.41. The molecule has 0 unspecified atom stereocenters. The Balaban J connectivity index is 2.27. The van der Waals surface area contributed by atoms with Gasteiger partial charge >= 0.3 is 6.18 Å². The van der Waals surface area contributed by atoms with Gasteiger partial charge in [0, 0.05) is 5.88 Å². The van der Waals surface area contributed by atoms with Crippen LogP contribution >= 0.6 is 11.6 Å². The van der Waals surface area contributed by atoms with Crippen molar-refractivity contribution in [2.45, 2.75) is 50.7 Å². The van der Waals surface area contributed by atoms with E-state index in [1.54, 1.807) is 6.07 Å². The predicted molar refractivity (Wildman–Crippen MR) is 89.2 cm³/mol. The van der Waals surface area contributed by atoms with Crippen molar-refractivity contribution in [3.05, 3.63) is 42.0 Å². The summed E-state index contributed by atoms with van der Waals surface area (Å²) in [6, 6.07) is 6.38. The average Bonchev–Trinajstić information content (AvgIpc) is 2.48. The average molecular weight is 347 g/mol. The molecular weight excluding hydrogens is 325 g/mol. The van der Waals surface area contributed by atoms with Crippen molar-refractivity contribution in [3.8, 4) is 0 Å². The molecule has 0 bridgehead atoms. The Morgan fingerprint density at radius 3 is 2.45 bits per heavy atom. The zero-order chi connectivity index (χ0) is 16.4. The Morgan fingerprint density at radius 2 is 1.77 bits per heavy atom. The third-order valence-corrected chi connectivity index (χ3v) is 5.06. The lowest BCUT2D eigenvalue weighted by molar-refractivity contribution is -0.137. The lowest BCUT2D eigenvalue weighted by Gasteiger charge is -2.09. The van der Waals surface area contributed by atoms with Gasteiger partial charge in [0.2, 0.25) is 0 Å². The minimum atomic E-state index is -4.26. The first-order chi connectivity index (χ1) is 10.4. The fraction of sp³-hybridized carbons (Fsp3) is 0.529. The number of hydrogen-bond donors (Lipinski definition) is 0. The van der Waals surface area contributed by atoms with E-state index in [0.29, 0.717) is 9.52 Å². The standard InChI is InChI=1S/C17H22ClF3Si/c1-14(8-5-3-2-4-6-11-18)13-22-16-10-7-9-15(12-16)17(19,20)21/h7,9-10,12H,1-6,8,11,13H2. The minimum Gasteiger partial charge on any atom is -0.166 e. The molecule has 0 aliphatic heterocycles. The number of benzene rings is 1. The number of alkyl halides is 4. The Labute approximate surface area is 138 Å². The summed E-state index contributed by atoms with van der Waals surface area (Å²) >= 11 is 5.62. The van der Waals surface area contributed by atoms with E-state index in [2.05, 4.69) is 6.58 Å². The van der Waals surface area contributed by atoms with Crippen molar-refractivity contribution >= 4 is 26.3 Å². The highest BCUT2D eigenvalue weighted by Gasteiger charge is 2.30. The highest BCUT2D eigenvalue weighted by molar-refractivity contribution is 6.54. The first kappa shape index (κ1) is 19.3. The summed E-state index contributed by atoms with van der Waals surface area (Å²) in [7, 11) is 0.355. The molecule has 0 saturated heterocycles. The molecule has 0 atom stereocenters. The van der Waals surface area contributed by atoms with Gasteiger partial charge in [-0.1, -0.05) is 54.3 Å². The van der Waals surface area contributed by atoms with Gasteiger partial charge < -0.3 is 0 Å². The molecule has 1 rings (SSSR count). The van der Waals surface area contributed by atoms with Crippen LogP contribution in [-0.4, -0.2) is 15.4 Å². The lowest BCUT2D eigenvalue weighted by atomic mass is 10.1. The fourth-order valence-electron chi connectivity index (χ4n) is 2.12. The van der Waals surface area contributed by atoms with Crippen molar-refractivity contribution in [3.63, 3.8) is 0 Å². The Morgan fingerprint density at radius 1 is 1.09 bits per heavy atom. The van der Waals surface area contributed by atoms with E-state index >= 15 is 0 Å². The van der Waals surface area contributed by atoms with Crippen LogP contribution in [0.1, 0.15) is 44.1 Å². The van der Waals surface area contributed by atoms with Crippen LogP contribution in [-0.2, 0) is 6.18 Å². The van der Waals surface area contributed by atoms with Gasteiger partial charge in [0.1, 0.15) is 0 Å². The number of halogens is 4. The van der Waals surface area contributed by atoms with Crippen molar-refractivity contribution in [2.24, 2.45) is 0 Å². The molecule has 0 N–H and O–H groups in total. The second-order valence-corrected chi connectivity index (χ2v) is 7.05. The quantitative estimate of drug-likeness (QED) is 0.224. The molecule has 1 aromatic rings. The van der Waals surface area contributed by atoms with Crippen LogP contribution in [0.25, 0.3) is 0 Å². The summed E-state index contributed by atoms with van der Waals surface area (Å²) < 4.78 is 37.9. The summed E-state index contributed by atoms with van der Waals surface area (Å²) in [6.45, 7) is 4.04. The molecule has 0 aliphatic rings. The van der Waals surface area contributed by atoms with Gasteiger partial charge in [-0.3, -0.25) is 0 Å². The highest BCUT2D eigenvalue weighted by atomic mass is 35.5. The first-order valence-electron chi connectivity index (χ1n) is 7.57. The normalized spacial score (nSPS) is 11.6. The molecular formula is C17H22ClF3Si. The molecule has 0 spiro atoms. The molecule has 0 amide bonds. The third-order valence-electron chi connectivity index (χ3n) is 3.40. The van der Waals surface area contributed by atoms with Gasteiger partial charge in [0.05, 0.1) is 15.1 Å². The first-order valence-corrected chi connectivity index (χ1v) is 9.31. The van der Waals surface area contributed by atoms with E-state index in [-0.39, 0.29) is 0 Å². The van der Waals surface area contributed by atoms with Gasteiger partial charge in [0.15, 0.2) is 0 Å². The van der Waals surface area contributed by atoms with E-state index in [1.807, 2.05) is 0 Å². The number of hydrogen-bond acceptors (Lipinski definition) is 0. The third kappa shape index (κ3) is 8.04. The molecule has 1 aromatic carbocycles. The Bertz CT molecular complexity index is 457. The zero-order valence-electron chi connectivity index (χ0n) is 12.7. The second kappa shape index (κ2) is 10.1. The molecule has 122 valence electrons. The second-order valence-electron chi connectivity index (χ2n) is 5.39. The maximum Gasteiger partial charge on any atom is 0.416 e. The molecule has 22 heavy (non-hydrogen) atoms. The molecule has 0 heterocycles. The molecule has 0 aliphatic carbocycles. The Hall–Kier alpha value is -0.743. The molecule has 0 nitrogen and oxygen atoms in total. The van der Waals surface area contributed by atoms with Crippen LogP contribution in [0, 0.1) is 0 Å². The topological polar surface area (TPSA) is 0 Å². The highest BCUT2D eigenvalue weighted by Crippen LogP contribution is 2.28. The Kier molecular flexibility index (Phi) is 8.87. The van der Waals surface area contributed by atoms with E-state index in [1.165, 1.54) is 31.4 Å². The molecule has 0 aromatic heterocycles. The van der Waals surface area contributed by atoms with E-state index in [9.17, 15) is 13.2 Å². The van der Waals surface area contributed by atoms with Gasteiger partial charge in [-0.25, -0.2) is 0 Å². The van der Waals surface area contributed by atoms with Crippen LogP contribution in [0.2, 0.25) is 6.04 Å². The molecule has 2 radical (unpaired) electrons. The summed E-state index contributed by atoms with van der Waals surface area (Å²) in [5.74, 6) is 0.727. The SMILES string of the molecule is C=C(CCCCCCCCl)C[Si]c1cccc(C(F)(F)F)c1. The largest absolute Gasteiger partial charge is 0.416 e. The van der Waals surface area contributed by atoms with Gasteiger partial charge in [-0.05, 0) is 25.3 Å². The van der Waals surface area contributed by atoms with E-state index in [4.69, 9.17) is 11.6 Å². The van der Waals surface area contributed by atoms with Crippen LogP contribution in [0.5, 0.6) is 0 Å². The number of rotatable bonds is 10. The smallest absolute Gasteiger partial charge is 0.166 e. The van der Waals surface area contributed by atoms with Crippen LogP contribution < -0.4 is 5.19 Å². The van der Waals surface area contributed by atoms with Gasteiger partial charge in [-0.2, -0.15) is 13.2 Å². The number of allylic oxidation sites excluding steroid dienone is 1.